The molecule has 2 amide bonds. The lowest BCUT2D eigenvalue weighted by Crippen LogP contribution is -2.35. The van der Waals surface area contributed by atoms with Gasteiger partial charge in [0, 0.05) is 30.3 Å². The van der Waals surface area contributed by atoms with Crippen LogP contribution in [0.25, 0.3) is 0 Å². The second kappa shape index (κ2) is 9.94. The summed E-state index contributed by atoms with van der Waals surface area (Å²) in [7, 11) is 0. The van der Waals surface area contributed by atoms with Gasteiger partial charge in [-0.2, -0.15) is 0 Å². The first-order valence-corrected chi connectivity index (χ1v) is 11.2. The van der Waals surface area contributed by atoms with Crippen LogP contribution in [0.15, 0.2) is 66.7 Å². The van der Waals surface area contributed by atoms with E-state index in [1.807, 2.05) is 24.3 Å². The second-order valence-electron chi connectivity index (χ2n) is 8.18. The molecule has 0 aromatic heterocycles. The van der Waals surface area contributed by atoms with Crippen molar-refractivity contribution in [3.05, 3.63) is 77.9 Å². The minimum atomic E-state index is -0.923. The summed E-state index contributed by atoms with van der Waals surface area (Å²) in [6.45, 7) is 0.148. The summed E-state index contributed by atoms with van der Waals surface area (Å²) >= 11 is 0. The van der Waals surface area contributed by atoms with Gasteiger partial charge in [-0.3, -0.25) is 9.59 Å². The van der Waals surface area contributed by atoms with Gasteiger partial charge in [-0.05, 0) is 42.0 Å². The average molecular weight is 476 g/mol. The predicted octanol–water partition coefficient (Wildman–Crippen LogP) is 2.53. The van der Waals surface area contributed by atoms with Crippen LogP contribution in [0, 0.1) is 0 Å². The Hall–Kier alpha value is -4.24. The van der Waals surface area contributed by atoms with Crippen LogP contribution in [0.2, 0.25) is 0 Å². The van der Waals surface area contributed by atoms with Gasteiger partial charge in [0.05, 0.1) is 0 Å². The Balaban J connectivity index is 1.10. The number of amides is 2. The molecule has 3 N–H and O–H groups in total. The van der Waals surface area contributed by atoms with Gasteiger partial charge in [-0.25, -0.2) is 0 Å². The number of carbonyl (C=O) groups excluding carboxylic acids is 2. The lowest BCUT2D eigenvalue weighted by Gasteiger charge is -2.14. The van der Waals surface area contributed by atoms with E-state index in [1.165, 1.54) is 0 Å². The number of fused-ring (bicyclic) bond motifs is 2. The Morgan fingerprint density at radius 1 is 1.00 bits per heavy atom. The van der Waals surface area contributed by atoms with Crippen LogP contribution in [-0.4, -0.2) is 49.1 Å². The van der Waals surface area contributed by atoms with Crippen molar-refractivity contribution in [2.24, 2.45) is 0 Å². The van der Waals surface area contributed by atoms with Crippen LogP contribution in [0.4, 0.5) is 5.69 Å². The maximum absolute atomic E-state index is 12.6. The van der Waals surface area contributed by atoms with Crippen LogP contribution in [-0.2, 0) is 11.2 Å². The molecule has 0 fully saturated rings. The Morgan fingerprint density at radius 2 is 1.86 bits per heavy atom. The van der Waals surface area contributed by atoms with E-state index in [1.54, 1.807) is 42.5 Å². The molecule has 2 aliphatic rings. The zero-order valence-electron chi connectivity index (χ0n) is 18.7. The molecule has 0 spiro atoms. The van der Waals surface area contributed by atoms with Crippen molar-refractivity contribution in [1.82, 2.24) is 5.32 Å². The Bertz CT molecular complexity index is 1220. The highest BCUT2D eigenvalue weighted by Crippen LogP contribution is 2.35. The standard InChI is InChI=1S/C26H24N2O7/c29-19(14-32-20-8-9-22-23(12-20)34-15-33-22)13-27-25(30)17-5-3-6-18(10-17)28-26(31)24-11-16-4-1-2-7-21(16)35-24/h1-10,12,19,24,29H,11,13-15H2,(H,27,30)(H,28,31). The van der Waals surface area contributed by atoms with Gasteiger partial charge in [0.15, 0.2) is 17.6 Å². The van der Waals surface area contributed by atoms with Crippen molar-refractivity contribution in [3.8, 4) is 23.0 Å². The molecule has 2 unspecified atom stereocenters. The summed E-state index contributed by atoms with van der Waals surface area (Å²) < 4.78 is 21.8. The maximum Gasteiger partial charge on any atom is 0.265 e. The fourth-order valence-electron chi connectivity index (χ4n) is 3.82. The third kappa shape index (κ3) is 5.30. The van der Waals surface area contributed by atoms with E-state index < -0.39 is 12.2 Å². The molecule has 0 aliphatic carbocycles. The minimum absolute atomic E-state index is 0.00581. The van der Waals surface area contributed by atoms with Crippen LogP contribution in [0.1, 0.15) is 15.9 Å². The number of aliphatic hydroxyl groups is 1. The number of carbonyl (C=O) groups is 2. The van der Waals surface area contributed by atoms with Crippen molar-refractivity contribution in [1.29, 1.82) is 0 Å². The number of hydrogen-bond donors (Lipinski definition) is 3. The molecule has 2 atom stereocenters. The molecule has 2 aliphatic heterocycles. The Kier molecular flexibility index (Phi) is 6.40. The highest BCUT2D eigenvalue weighted by atomic mass is 16.7. The van der Waals surface area contributed by atoms with Gasteiger partial charge in [0.2, 0.25) is 6.79 Å². The van der Waals surface area contributed by atoms with Crippen LogP contribution >= 0.6 is 0 Å². The monoisotopic (exact) mass is 476 g/mol. The lowest BCUT2D eigenvalue weighted by atomic mass is 10.1. The van der Waals surface area contributed by atoms with Gasteiger partial charge >= 0.3 is 0 Å². The van der Waals surface area contributed by atoms with Crippen molar-refractivity contribution in [2.45, 2.75) is 18.6 Å². The van der Waals surface area contributed by atoms with Crippen LogP contribution in [0.5, 0.6) is 23.0 Å². The number of hydrogen-bond acceptors (Lipinski definition) is 7. The summed E-state index contributed by atoms with van der Waals surface area (Å²) in [5.41, 5.74) is 1.82. The number of benzene rings is 3. The first-order chi connectivity index (χ1) is 17.0. The van der Waals surface area contributed by atoms with Gasteiger partial charge in [-0.1, -0.05) is 24.3 Å². The summed E-state index contributed by atoms with van der Waals surface area (Å²) in [5, 5.41) is 15.7. The highest BCUT2D eigenvalue weighted by Gasteiger charge is 2.28. The van der Waals surface area contributed by atoms with Crippen molar-refractivity contribution >= 4 is 17.5 Å². The second-order valence-corrected chi connectivity index (χ2v) is 8.18. The van der Waals surface area contributed by atoms with Gasteiger partial charge < -0.3 is 34.7 Å². The summed E-state index contributed by atoms with van der Waals surface area (Å²) in [5.74, 6) is 1.80. The van der Waals surface area contributed by atoms with Gasteiger partial charge in [0.25, 0.3) is 11.8 Å². The molecule has 9 heteroatoms. The number of nitrogens with one attached hydrogen (secondary N) is 2. The molecule has 9 nitrogen and oxygen atoms in total. The summed E-state index contributed by atoms with van der Waals surface area (Å²) in [6, 6.07) is 19.2. The largest absolute Gasteiger partial charge is 0.491 e. The van der Waals surface area contributed by atoms with Crippen molar-refractivity contribution in [3.63, 3.8) is 0 Å². The number of anilines is 1. The van der Waals surface area contributed by atoms with E-state index in [4.69, 9.17) is 18.9 Å². The topological polar surface area (TPSA) is 115 Å². The molecule has 0 saturated carbocycles. The predicted molar refractivity (Wildman–Crippen MR) is 126 cm³/mol. The van der Waals surface area contributed by atoms with Crippen LogP contribution in [0.3, 0.4) is 0 Å². The fourth-order valence-corrected chi connectivity index (χ4v) is 3.82. The smallest absolute Gasteiger partial charge is 0.265 e. The normalized spacial score (nSPS) is 16.1. The van der Waals surface area contributed by atoms with Crippen molar-refractivity contribution < 1.29 is 33.6 Å². The highest BCUT2D eigenvalue weighted by molar-refractivity contribution is 5.98. The molecule has 35 heavy (non-hydrogen) atoms. The SMILES string of the molecule is O=C(NCC(O)COc1ccc2c(c1)OCO2)c1cccc(NC(=O)C2Cc3ccccc3O2)c1. The van der Waals surface area contributed by atoms with Gasteiger partial charge in [-0.15, -0.1) is 0 Å². The zero-order chi connectivity index (χ0) is 24.2. The molecular weight excluding hydrogens is 452 g/mol. The van der Waals surface area contributed by atoms with E-state index in [0.717, 1.165) is 5.56 Å². The number of aliphatic hydroxyl groups excluding tert-OH is 1. The van der Waals surface area contributed by atoms with Crippen LogP contribution < -0.4 is 29.6 Å². The Morgan fingerprint density at radius 3 is 2.74 bits per heavy atom. The molecule has 0 radical (unpaired) electrons. The van der Waals surface area contributed by atoms with E-state index in [2.05, 4.69) is 10.6 Å². The molecule has 0 bridgehead atoms. The third-order valence-electron chi connectivity index (χ3n) is 5.62. The lowest BCUT2D eigenvalue weighted by molar-refractivity contribution is -0.122. The fraction of sp³-hybridized carbons (Fsp3) is 0.231. The minimum Gasteiger partial charge on any atom is -0.491 e. The zero-order valence-corrected chi connectivity index (χ0v) is 18.7. The van der Waals surface area contributed by atoms with E-state index in [0.29, 0.717) is 40.7 Å². The molecule has 3 aromatic carbocycles. The van der Waals surface area contributed by atoms with Crippen molar-refractivity contribution in [2.75, 3.05) is 25.3 Å². The van der Waals surface area contributed by atoms with Gasteiger partial charge in [0.1, 0.15) is 24.2 Å². The third-order valence-corrected chi connectivity index (χ3v) is 5.62. The van der Waals surface area contributed by atoms with E-state index in [9.17, 15) is 14.7 Å². The Labute approximate surface area is 201 Å². The molecule has 3 aromatic rings. The number of ether oxygens (including phenoxy) is 4. The molecule has 0 saturated heterocycles. The molecule has 5 rings (SSSR count). The molecular formula is C26H24N2O7. The summed E-state index contributed by atoms with van der Waals surface area (Å²) in [6.07, 6.45) is -1.05. The summed E-state index contributed by atoms with van der Waals surface area (Å²) in [4.78, 5) is 25.2. The van der Waals surface area contributed by atoms with E-state index >= 15 is 0 Å². The maximum atomic E-state index is 12.6. The quantitative estimate of drug-likeness (QED) is 0.458. The average Bonchev–Trinajstić information content (AvgIpc) is 3.53. The molecule has 2 heterocycles. The number of para-hydroxylation sites is 1. The first-order valence-electron chi connectivity index (χ1n) is 11.2. The number of rotatable bonds is 8. The first kappa shape index (κ1) is 22.5. The van der Waals surface area contributed by atoms with E-state index in [-0.39, 0.29) is 31.8 Å². The molecule has 180 valence electrons.